The van der Waals surface area contributed by atoms with Gasteiger partial charge in [0.05, 0.1) is 15.8 Å². The van der Waals surface area contributed by atoms with E-state index >= 15 is 0 Å². The number of carbonyl (C=O) groups excluding carboxylic acids is 2. The largest absolute Gasteiger partial charge is 0.357 e. The fraction of sp³-hybridized carbons (Fsp3) is 0.333. The van der Waals surface area contributed by atoms with Crippen LogP contribution in [0.5, 0.6) is 0 Å². The molecule has 0 saturated heterocycles. The molecule has 2 rings (SSSR count). The Hall–Kier alpha value is -1.69. The molecule has 0 radical (unpaired) electrons. The number of rotatable bonds is 8. The average Bonchev–Trinajstić information content (AvgIpc) is 2.69. The highest BCUT2D eigenvalue weighted by atomic mass is 35.5. The highest BCUT2D eigenvalue weighted by molar-refractivity contribution is 7.99. The number of likely N-dealkylation sites (N-methyl/N-ethyl adjacent to an activating group) is 1. The van der Waals surface area contributed by atoms with Crippen LogP contribution in [0.15, 0.2) is 42.5 Å². The molecular weight excluding hydrogens is 415 g/mol. The first-order valence-electron chi connectivity index (χ1n) is 8.90. The Kier molecular flexibility index (Phi) is 8.67. The number of hydrogen-bond acceptors (Lipinski definition) is 3. The van der Waals surface area contributed by atoms with Crippen molar-refractivity contribution in [2.75, 3.05) is 12.8 Å². The molecule has 0 fully saturated rings. The Morgan fingerprint density at radius 3 is 2.50 bits per heavy atom. The zero-order chi connectivity index (χ0) is 20.7. The predicted octanol–water partition coefficient (Wildman–Crippen LogP) is 4.70. The lowest BCUT2D eigenvalue weighted by Gasteiger charge is -2.28. The fourth-order valence-electron chi connectivity index (χ4n) is 2.73. The second-order valence-corrected chi connectivity index (χ2v) is 8.28. The molecule has 2 aromatic carbocycles. The summed E-state index contributed by atoms with van der Waals surface area (Å²) in [6.07, 6.45) is 0. The molecule has 1 atom stereocenters. The van der Waals surface area contributed by atoms with Crippen LogP contribution in [0.1, 0.15) is 23.6 Å². The van der Waals surface area contributed by atoms with Gasteiger partial charge in [0, 0.05) is 19.3 Å². The standard InChI is InChI=1S/C21H24Cl2N2O2S/c1-14-6-4-5-7-17(14)12-28-13-20(26)25(15(2)21(27)24-3)11-16-8-9-18(22)19(23)10-16/h4-10,15H,11-13H2,1-3H3,(H,24,27)/t15-/m1/s1. The van der Waals surface area contributed by atoms with Gasteiger partial charge in [0.15, 0.2) is 0 Å². The first-order chi connectivity index (χ1) is 13.3. The molecule has 7 heteroatoms. The van der Waals surface area contributed by atoms with E-state index in [4.69, 9.17) is 23.2 Å². The number of carbonyl (C=O) groups is 2. The predicted molar refractivity (Wildman–Crippen MR) is 118 cm³/mol. The number of hydrogen-bond donors (Lipinski definition) is 1. The molecule has 0 heterocycles. The third-order valence-electron chi connectivity index (χ3n) is 4.49. The Bertz CT molecular complexity index is 845. The van der Waals surface area contributed by atoms with Crippen LogP contribution in [-0.2, 0) is 21.9 Å². The van der Waals surface area contributed by atoms with E-state index in [0.717, 1.165) is 11.3 Å². The van der Waals surface area contributed by atoms with Crippen LogP contribution in [0.4, 0.5) is 0 Å². The van der Waals surface area contributed by atoms with Gasteiger partial charge in [-0.05, 0) is 42.7 Å². The summed E-state index contributed by atoms with van der Waals surface area (Å²) in [5.74, 6) is 0.725. The summed E-state index contributed by atoms with van der Waals surface area (Å²) in [5, 5.41) is 3.49. The monoisotopic (exact) mass is 438 g/mol. The number of nitrogens with zero attached hydrogens (tertiary/aromatic N) is 1. The number of benzene rings is 2. The van der Waals surface area contributed by atoms with Gasteiger partial charge in [0.2, 0.25) is 11.8 Å². The molecule has 2 aromatic rings. The van der Waals surface area contributed by atoms with Crippen molar-refractivity contribution in [3.63, 3.8) is 0 Å². The normalized spacial score (nSPS) is 11.8. The lowest BCUT2D eigenvalue weighted by atomic mass is 10.1. The molecule has 4 nitrogen and oxygen atoms in total. The number of nitrogens with one attached hydrogen (secondary N) is 1. The molecule has 0 saturated carbocycles. The Balaban J connectivity index is 2.09. The number of amides is 2. The van der Waals surface area contributed by atoms with Gasteiger partial charge in [-0.3, -0.25) is 9.59 Å². The van der Waals surface area contributed by atoms with Gasteiger partial charge in [0.25, 0.3) is 0 Å². The Morgan fingerprint density at radius 2 is 1.86 bits per heavy atom. The SMILES string of the molecule is CNC(=O)[C@@H](C)N(Cc1ccc(Cl)c(Cl)c1)C(=O)CSCc1ccccc1C. The van der Waals surface area contributed by atoms with Gasteiger partial charge in [-0.1, -0.05) is 53.5 Å². The van der Waals surface area contributed by atoms with Gasteiger partial charge < -0.3 is 10.2 Å². The summed E-state index contributed by atoms with van der Waals surface area (Å²) in [4.78, 5) is 26.6. The van der Waals surface area contributed by atoms with E-state index in [-0.39, 0.29) is 24.1 Å². The molecule has 0 aliphatic heterocycles. The van der Waals surface area contributed by atoms with E-state index < -0.39 is 6.04 Å². The summed E-state index contributed by atoms with van der Waals surface area (Å²) < 4.78 is 0. The minimum Gasteiger partial charge on any atom is -0.357 e. The van der Waals surface area contributed by atoms with E-state index in [2.05, 4.69) is 24.4 Å². The molecule has 2 amide bonds. The van der Waals surface area contributed by atoms with Gasteiger partial charge in [-0.15, -0.1) is 11.8 Å². The Morgan fingerprint density at radius 1 is 1.14 bits per heavy atom. The first kappa shape index (κ1) is 22.6. The maximum Gasteiger partial charge on any atom is 0.242 e. The van der Waals surface area contributed by atoms with Crippen molar-refractivity contribution in [1.29, 1.82) is 0 Å². The quantitative estimate of drug-likeness (QED) is 0.649. The van der Waals surface area contributed by atoms with Crippen LogP contribution in [0, 0.1) is 6.92 Å². The zero-order valence-electron chi connectivity index (χ0n) is 16.2. The molecule has 1 N–H and O–H groups in total. The minimum absolute atomic E-state index is 0.0965. The lowest BCUT2D eigenvalue weighted by Crippen LogP contribution is -2.47. The molecule has 0 aliphatic carbocycles. The maximum absolute atomic E-state index is 12.9. The second kappa shape index (κ2) is 10.7. The molecule has 0 aliphatic rings. The van der Waals surface area contributed by atoms with Crippen molar-refractivity contribution in [3.8, 4) is 0 Å². The van der Waals surface area contributed by atoms with Crippen molar-refractivity contribution >= 4 is 46.8 Å². The highest BCUT2D eigenvalue weighted by Crippen LogP contribution is 2.24. The molecule has 0 unspecified atom stereocenters. The van der Waals surface area contributed by atoms with Gasteiger partial charge in [-0.2, -0.15) is 0 Å². The summed E-state index contributed by atoms with van der Waals surface area (Å²) in [6.45, 7) is 4.07. The van der Waals surface area contributed by atoms with Crippen LogP contribution >= 0.6 is 35.0 Å². The molecule has 0 bridgehead atoms. The topological polar surface area (TPSA) is 49.4 Å². The summed E-state index contributed by atoms with van der Waals surface area (Å²) >= 11 is 13.6. The van der Waals surface area contributed by atoms with Crippen LogP contribution in [-0.4, -0.2) is 35.6 Å². The zero-order valence-corrected chi connectivity index (χ0v) is 18.5. The molecule has 0 aromatic heterocycles. The van der Waals surface area contributed by atoms with E-state index in [1.165, 1.54) is 22.9 Å². The van der Waals surface area contributed by atoms with Gasteiger partial charge in [0.1, 0.15) is 6.04 Å². The van der Waals surface area contributed by atoms with Crippen molar-refractivity contribution in [2.45, 2.75) is 32.2 Å². The summed E-state index contributed by atoms with van der Waals surface area (Å²) in [6, 6.07) is 12.8. The van der Waals surface area contributed by atoms with Crippen molar-refractivity contribution in [3.05, 3.63) is 69.2 Å². The third-order valence-corrected chi connectivity index (χ3v) is 6.20. The maximum atomic E-state index is 12.9. The van der Waals surface area contributed by atoms with Gasteiger partial charge in [-0.25, -0.2) is 0 Å². The number of halogens is 2. The van der Waals surface area contributed by atoms with Crippen molar-refractivity contribution in [2.24, 2.45) is 0 Å². The van der Waals surface area contributed by atoms with Crippen molar-refractivity contribution in [1.82, 2.24) is 10.2 Å². The van der Waals surface area contributed by atoms with E-state index in [0.29, 0.717) is 10.0 Å². The number of aryl methyl sites for hydroxylation is 1. The summed E-state index contributed by atoms with van der Waals surface area (Å²) in [5.41, 5.74) is 3.23. The minimum atomic E-state index is -0.592. The van der Waals surface area contributed by atoms with Crippen LogP contribution in [0.2, 0.25) is 10.0 Å². The summed E-state index contributed by atoms with van der Waals surface area (Å²) in [7, 11) is 1.56. The first-order valence-corrected chi connectivity index (χ1v) is 10.8. The molecule has 28 heavy (non-hydrogen) atoms. The number of thioether (sulfide) groups is 1. The fourth-order valence-corrected chi connectivity index (χ4v) is 4.04. The van der Waals surface area contributed by atoms with Gasteiger partial charge >= 0.3 is 0 Å². The van der Waals surface area contributed by atoms with Crippen LogP contribution < -0.4 is 5.32 Å². The molecule has 150 valence electrons. The lowest BCUT2D eigenvalue weighted by molar-refractivity contribution is -0.138. The van der Waals surface area contributed by atoms with E-state index in [1.54, 1.807) is 31.0 Å². The average molecular weight is 439 g/mol. The van der Waals surface area contributed by atoms with Crippen LogP contribution in [0.3, 0.4) is 0 Å². The molecule has 0 spiro atoms. The smallest absolute Gasteiger partial charge is 0.242 e. The second-order valence-electron chi connectivity index (χ2n) is 6.48. The molecular formula is C21H24Cl2N2O2S. The Labute approximate surface area is 180 Å². The highest BCUT2D eigenvalue weighted by Gasteiger charge is 2.25. The van der Waals surface area contributed by atoms with Crippen molar-refractivity contribution < 1.29 is 9.59 Å². The third kappa shape index (κ3) is 6.16. The van der Waals surface area contributed by atoms with Crippen LogP contribution in [0.25, 0.3) is 0 Å². The van der Waals surface area contributed by atoms with E-state index in [1.807, 2.05) is 18.2 Å². The van der Waals surface area contributed by atoms with E-state index in [9.17, 15) is 9.59 Å².